The van der Waals surface area contributed by atoms with Crippen LogP contribution in [0, 0.1) is 0 Å². The summed E-state index contributed by atoms with van der Waals surface area (Å²) in [5.74, 6) is 0.746. The van der Waals surface area contributed by atoms with Crippen molar-refractivity contribution < 1.29 is 4.52 Å². The molecule has 0 aliphatic carbocycles. The van der Waals surface area contributed by atoms with Crippen LogP contribution in [0.25, 0.3) is 0 Å². The molecule has 96 valence electrons. The number of aryl methyl sites for hydroxylation is 1. The molecule has 0 bridgehead atoms. The number of nitrogens with zero attached hydrogens (tertiary/aromatic N) is 2. The zero-order chi connectivity index (χ0) is 12.8. The van der Waals surface area contributed by atoms with Crippen molar-refractivity contribution in [2.45, 2.75) is 32.7 Å². The van der Waals surface area contributed by atoms with E-state index in [1.807, 2.05) is 0 Å². The summed E-state index contributed by atoms with van der Waals surface area (Å²) in [6.07, 6.45) is 3.23. The molecule has 2 rings (SSSR count). The number of nitrogens with one attached hydrogen (secondary N) is 1. The molecule has 0 saturated heterocycles. The van der Waals surface area contributed by atoms with Crippen LogP contribution in [0.2, 0.25) is 0 Å². The number of hydrogen-bond donors (Lipinski definition) is 1. The van der Waals surface area contributed by atoms with Crippen molar-refractivity contribution in [2.75, 3.05) is 6.54 Å². The monoisotopic (exact) mass is 245 g/mol. The smallest absolute Gasteiger partial charge is 0.213 e. The van der Waals surface area contributed by atoms with E-state index in [-0.39, 0.29) is 0 Å². The molecular formula is C14H19N3O. The zero-order valence-electron chi connectivity index (χ0n) is 10.9. The van der Waals surface area contributed by atoms with Gasteiger partial charge in [-0.25, -0.2) is 0 Å². The molecule has 0 fully saturated rings. The Bertz CT molecular complexity index is 450. The summed E-state index contributed by atoms with van der Waals surface area (Å²) in [5.41, 5.74) is 2.68. The van der Waals surface area contributed by atoms with E-state index < -0.39 is 0 Å². The minimum Gasteiger partial charge on any atom is -0.343 e. The molecule has 0 aliphatic heterocycles. The van der Waals surface area contributed by atoms with Crippen LogP contribution >= 0.6 is 0 Å². The lowest BCUT2D eigenvalue weighted by Gasteiger charge is -2.14. The zero-order valence-corrected chi connectivity index (χ0v) is 10.9. The number of aromatic nitrogens is 2. The van der Waals surface area contributed by atoms with Gasteiger partial charge < -0.3 is 9.84 Å². The molecule has 4 nitrogen and oxygen atoms in total. The molecule has 1 unspecified atom stereocenters. The SMILES string of the molecule is CCc1ccc(C(C)NCCc2ncon2)cc1. The second-order valence-corrected chi connectivity index (χ2v) is 4.37. The lowest BCUT2D eigenvalue weighted by molar-refractivity contribution is 0.408. The highest BCUT2D eigenvalue weighted by molar-refractivity contribution is 5.24. The van der Waals surface area contributed by atoms with Gasteiger partial charge in [-0.3, -0.25) is 0 Å². The number of hydrogen-bond acceptors (Lipinski definition) is 4. The van der Waals surface area contributed by atoms with Gasteiger partial charge in [-0.05, 0) is 24.5 Å². The largest absolute Gasteiger partial charge is 0.343 e. The molecule has 1 N–H and O–H groups in total. The topological polar surface area (TPSA) is 51.0 Å². The van der Waals surface area contributed by atoms with Gasteiger partial charge in [0.05, 0.1) is 0 Å². The first-order chi connectivity index (χ1) is 8.79. The summed E-state index contributed by atoms with van der Waals surface area (Å²) in [7, 11) is 0. The van der Waals surface area contributed by atoms with Gasteiger partial charge in [-0.2, -0.15) is 4.98 Å². The van der Waals surface area contributed by atoms with Crippen LogP contribution < -0.4 is 5.32 Å². The van der Waals surface area contributed by atoms with Gasteiger partial charge in [0.1, 0.15) is 0 Å². The van der Waals surface area contributed by atoms with Gasteiger partial charge in [0.15, 0.2) is 5.82 Å². The molecule has 0 saturated carbocycles. The normalized spacial score (nSPS) is 12.6. The Morgan fingerprint density at radius 2 is 2.06 bits per heavy atom. The quantitative estimate of drug-likeness (QED) is 0.849. The lowest BCUT2D eigenvalue weighted by Crippen LogP contribution is -2.21. The molecule has 0 spiro atoms. The van der Waals surface area contributed by atoms with Crippen LogP contribution in [-0.4, -0.2) is 16.7 Å². The summed E-state index contributed by atoms with van der Waals surface area (Å²) < 4.78 is 4.69. The highest BCUT2D eigenvalue weighted by Gasteiger charge is 2.05. The molecule has 1 aromatic heterocycles. The molecule has 1 aromatic carbocycles. The summed E-state index contributed by atoms with van der Waals surface area (Å²) in [6.45, 7) is 5.18. The van der Waals surface area contributed by atoms with E-state index in [1.165, 1.54) is 17.5 Å². The van der Waals surface area contributed by atoms with Crippen molar-refractivity contribution in [3.63, 3.8) is 0 Å². The third-order valence-corrected chi connectivity index (χ3v) is 3.09. The predicted octanol–water partition coefficient (Wildman–Crippen LogP) is 2.53. The fraction of sp³-hybridized carbons (Fsp3) is 0.429. The van der Waals surface area contributed by atoms with Crippen LogP contribution in [0.3, 0.4) is 0 Å². The maximum absolute atomic E-state index is 4.69. The van der Waals surface area contributed by atoms with Crippen LogP contribution in [0.1, 0.15) is 36.8 Å². The second kappa shape index (κ2) is 6.31. The van der Waals surface area contributed by atoms with Crippen molar-refractivity contribution in [3.8, 4) is 0 Å². The van der Waals surface area contributed by atoms with Gasteiger partial charge in [0.25, 0.3) is 0 Å². The van der Waals surface area contributed by atoms with E-state index in [1.54, 1.807) is 0 Å². The summed E-state index contributed by atoms with van der Waals surface area (Å²) >= 11 is 0. The molecule has 18 heavy (non-hydrogen) atoms. The van der Waals surface area contributed by atoms with Gasteiger partial charge in [-0.1, -0.05) is 36.3 Å². The van der Waals surface area contributed by atoms with Crippen LogP contribution in [-0.2, 0) is 12.8 Å². The van der Waals surface area contributed by atoms with E-state index in [9.17, 15) is 0 Å². The van der Waals surface area contributed by atoms with Crippen molar-refractivity contribution in [3.05, 3.63) is 47.6 Å². The minimum absolute atomic E-state index is 0.336. The van der Waals surface area contributed by atoms with Gasteiger partial charge in [-0.15, -0.1) is 0 Å². The van der Waals surface area contributed by atoms with Crippen molar-refractivity contribution in [1.82, 2.24) is 15.5 Å². The van der Waals surface area contributed by atoms with E-state index in [2.05, 4.69) is 53.6 Å². The van der Waals surface area contributed by atoms with Crippen molar-refractivity contribution >= 4 is 0 Å². The highest BCUT2D eigenvalue weighted by atomic mass is 16.5. The first-order valence-electron chi connectivity index (χ1n) is 6.37. The summed E-state index contributed by atoms with van der Waals surface area (Å²) in [5, 5.41) is 7.24. The molecule has 0 aliphatic rings. The van der Waals surface area contributed by atoms with E-state index in [0.717, 1.165) is 25.2 Å². The van der Waals surface area contributed by atoms with E-state index in [0.29, 0.717) is 6.04 Å². The Morgan fingerprint density at radius 3 is 2.67 bits per heavy atom. The fourth-order valence-electron chi connectivity index (χ4n) is 1.86. The van der Waals surface area contributed by atoms with Crippen LogP contribution in [0.15, 0.2) is 35.2 Å². The van der Waals surface area contributed by atoms with Crippen molar-refractivity contribution in [1.29, 1.82) is 0 Å². The minimum atomic E-state index is 0.336. The Hall–Kier alpha value is -1.68. The third kappa shape index (κ3) is 3.40. The average Bonchev–Trinajstić information content (AvgIpc) is 2.92. The maximum atomic E-state index is 4.69. The maximum Gasteiger partial charge on any atom is 0.213 e. The Balaban J connectivity index is 1.81. The first-order valence-corrected chi connectivity index (χ1v) is 6.37. The van der Waals surface area contributed by atoms with Crippen LogP contribution in [0.5, 0.6) is 0 Å². The molecular weight excluding hydrogens is 226 g/mol. The first kappa shape index (κ1) is 12.8. The third-order valence-electron chi connectivity index (χ3n) is 3.09. The standard InChI is InChI=1S/C14H19N3O/c1-3-12-4-6-13(7-5-12)11(2)15-9-8-14-16-10-18-17-14/h4-7,10-11,15H,3,8-9H2,1-2H3. The molecule has 1 atom stereocenters. The highest BCUT2D eigenvalue weighted by Crippen LogP contribution is 2.13. The van der Waals surface area contributed by atoms with E-state index >= 15 is 0 Å². The lowest BCUT2D eigenvalue weighted by atomic mass is 10.0. The van der Waals surface area contributed by atoms with E-state index in [4.69, 9.17) is 4.52 Å². The molecule has 0 amide bonds. The fourth-order valence-corrected chi connectivity index (χ4v) is 1.86. The van der Waals surface area contributed by atoms with Gasteiger partial charge in [0, 0.05) is 19.0 Å². The Kier molecular flexibility index (Phi) is 4.47. The Labute approximate surface area is 107 Å². The second-order valence-electron chi connectivity index (χ2n) is 4.37. The van der Waals surface area contributed by atoms with Gasteiger partial charge >= 0.3 is 0 Å². The number of rotatable bonds is 6. The van der Waals surface area contributed by atoms with Crippen molar-refractivity contribution in [2.24, 2.45) is 0 Å². The van der Waals surface area contributed by atoms with Gasteiger partial charge in [0.2, 0.25) is 6.39 Å². The molecule has 1 heterocycles. The summed E-state index contributed by atoms with van der Waals surface area (Å²) in [6, 6.07) is 9.08. The summed E-state index contributed by atoms with van der Waals surface area (Å²) in [4.78, 5) is 3.99. The average molecular weight is 245 g/mol. The van der Waals surface area contributed by atoms with Crippen LogP contribution in [0.4, 0.5) is 0 Å². The molecule has 4 heteroatoms. The number of benzene rings is 1. The molecule has 2 aromatic rings. The predicted molar refractivity (Wildman–Crippen MR) is 70.2 cm³/mol. The Morgan fingerprint density at radius 1 is 1.28 bits per heavy atom. The molecule has 0 radical (unpaired) electrons.